The van der Waals surface area contributed by atoms with Crippen molar-refractivity contribution in [1.29, 1.82) is 0 Å². The van der Waals surface area contributed by atoms with Gasteiger partial charge in [0, 0.05) is 46.6 Å². The second kappa shape index (κ2) is 11.1. The molecule has 1 unspecified atom stereocenters. The lowest BCUT2D eigenvalue weighted by molar-refractivity contribution is -0.120. The van der Waals surface area contributed by atoms with E-state index in [0.29, 0.717) is 5.69 Å². The van der Waals surface area contributed by atoms with Crippen molar-refractivity contribution in [3.05, 3.63) is 84.8 Å². The zero-order valence-corrected chi connectivity index (χ0v) is 23.3. The summed E-state index contributed by atoms with van der Waals surface area (Å²) >= 11 is 0. The van der Waals surface area contributed by atoms with Gasteiger partial charge in [-0.2, -0.15) is 5.10 Å². The highest BCUT2D eigenvalue weighted by Gasteiger charge is 2.26. The van der Waals surface area contributed by atoms with E-state index < -0.39 is 0 Å². The Morgan fingerprint density at radius 3 is 2.67 bits per heavy atom. The van der Waals surface area contributed by atoms with Crippen LogP contribution in [0.5, 0.6) is 0 Å². The molecule has 1 amide bonds. The lowest BCUT2D eigenvalue weighted by atomic mass is 9.88. The zero-order chi connectivity index (χ0) is 28.5. The molecule has 0 spiro atoms. The number of hydrogen-bond donors (Lipinski definition) is 4. The summed E-state index contributed by atoms with van der Waals surface area (Å²) in [5.41, 5.74) is 8.50. The summed E-state index contributed by atoms with van der Waals surface area (Å²) in [5.74, 6) is 0.146. The van der Waals surface area contributed by atoms with E-state index in [-0.39, 0.29) is 17.9 Å². The second-order valence-electron chi connectivity index (χ2n) is 10.8. The van der Waals surface area contributed by atoms with E-state index in [1.807, 2.05) is 49.8 Å². The molecule has 0 bridgehead atoms. The van der Waals surface area contributed by atoms with Crippen molar-refractivity contribution in [2.75, 3.05) is 17.7 Å². The van der Waals surface area contributed by atoms with Gasteiger partial charge in [0.15, 0.2) is 0 Å². The van der Waals surface area contributed by atoms with Crippen LogP contribution in [0.3, 0.4) is 0 Å². The molecule has 2 aliphatic rings. The Balaban J connectivity index is 1.20. The number of anilines is 2. The van der Waals surface area contributed by atoms with Crippen LogP contribution < -0.4 is 16.0 Å². The summed E-state index contributed by atoms with van der Waals surface area (Å²) in [6.45, 7) is 0. The number of fused-ring (bicyclic) bond motifs is 2. The first-order chi connectivity index (χ1) is 20.7. The van der Waals surface area contributed by atoms with Crippen LogP contribution in [0, 0.1) is 5.92 Å². The van der Waals surface area contributed by atoms with Gasteiger partial charge < -0.3 is 16.0 Å². The number of aromatic nitrogens is 6. The molecule has 10 nitrogen and oxygen atoms in total. The number of carbonyl (C=O) groups is 1. The summed E-state index contributed by atoms with van der Waals surface area (Å²) in [7, 11) is 1.94. The number of aromatic amines is 1. The molecular weight excluding hydrogens is 526 g/mol. The van der Waals surface area contributed by atoms with Gasteiger partial charge >= 0.3 is 0 Å². The summed E-state index contributed by atoms with van der Waals surface area (Å²) in [6, 6.07) is 9.72. The van der Waals surface area contributed by atoms with Crippen LogP contribution in [-0.2, 0) is 4.79 Å². The van der Waals surface area contributed by atoms with Gasteiger partial charge in [0.25, 0.3) is 0 Å². The molecule has 0 aromatic carbocycles. The van der Waals surface area contributed by atoms with Crippen molar-refractivity contribution in [2.24, 2.45) is 5.92 Å². The molecule has 0 saturated heterocycles. The highest BCUT2D eigenvalue weighted by atomic mass is 16.1. The van der Waals surface area contributed by atoms with E-state index in [9.17, 15) is 4.79 Å². The van der Waals surface area contributed by atoms with Gasteiger partial charge in [-0.25, -0.2) is 0 Å². The molecule has 6 heterocycles. The normalized spacial score (nSPS) is 16.9. The van der Waals surface area contributed by atoms with E-state index in [1.54, 1.807) is 24.8 Å². The Labute approximate surface area is 243 Å². The first-order valence-corrected chi connectivity index (χ1v) is 14.3. The second-order valence-corrected chi connectivity index (χ2v) is 10.8. The number of nitrogens with zero attached hydrogens (tertiary/aromatic N) is 5. The summed E-state index contributed by atoms with van der Waals surface area (Å²) in [4.78, 5) is 30.9. The molecule has 1 saturated carbocycles. The molecule has 7 rings (SSSR count). The lowest BCUT2D eigenvalue weighted by Crippen LogP contribution is -2.24. The van der Waals surface area contributed by atoms with Gasteiger partial charge in [0.1, 0.15) is 5.69 Å². The molecule has 1 fully saturated rings. The van der Waals surface area contributed by atoms with Gasteiger partial charge in [0.2, 0.25) is 5.91 Å². The Bertz CT molecular complexity index is 1790. The summed E-state index contributed by atoms with van der Waals surface area (Å²) < 4.78 is 0. The maximum absolute atomic E-state index is 12.8. The van der Waals surface area contributed by atoms with Crippen molar-refractivity contribution in [1.82, 2.24) is 35.5 Å². The van der Waals surface area contributed by atoms with Gasteiger partial charge in [-0.05, 0) is 50.2 Å². The number of nitrogens with one attached hydrogen (secondary N) is 4. The van der Waals surface area contributed by atoms with Crippen LogP contribution in [0.25, 0.3) is 39.1 Å². The van der Waals surface area contributed by atoms with Crippen molar-refractivity contribution < 1.29 is 4.79 Å². The third-order valence-electron chi connectivity index (χ3n) is 8.13. The van der Waals surface area contributed by atoms with E-state index in [0.717, 1.165) is 81.7 Å². The molecular formula is C32H31N9O. The van der Waals surface area contributed by atoms with Crippen LogP contribution in [-0.4, -0.2) is 43.1 Å². The van der Waals surface area contributed by atoms with Crippen LogP contribution in [0.2, 0.25) is 0 Å². The van der Waals surface area contributed by atoms with Crippen molar-refractivity contribution >= 4 is 33.9 Å². The fraction of sp³-hybridized carbons (Fsp3) is 0.250. The largest absolute Gasteiger partial charge is 0.352 e. The SMILES string of the molecule is CNC1C=C(c2n[nH]c3cnc(-c4cncc(NC(=O)C5CCCCC5)c4)cc23)Nc2cncc(-c3ccccn3)c21. The van der Waals surface area contributed by atoms with Crippen LogP contribution in [0.15, 0.2) is 73.6 Å². The molecule has 1 aliphatic heterocycles. The number of amides is 1. The summed E-state index contributed by atoms with van der Waals surface area (Å²) in [5, 5.41) is 18.7. The molecule has 5 aromatic heterocycles. The molecule has 0 radical (unpaired) electrons. The minimum absolute atomic E-state index is 0.0726. The Morgan fingerprint density at radius 2 is 1.83 bits per heavy atom. The number of pyridine rings is 4. The smallest absolute Gasteiger partial charge is 0.227 e. The maximum atomic E-state index is 12.8. The Hall–Kier alpha value is -4.96. The van der Waals surface area contributed by atoms with E-state index >= 15 is 0 Å². The molecule has 1 atom stereocenters. The predicted molar refractivity (Wildman–Crippen MR) is 163 cm³/mol. The molecule has 5 aromatic rings. The minimum Gasteiger partial charge on any atom is -0.352 e. The van der Waals surface area contributed by atoms with Crippen molar-refractivity contribution in [3.63, 3.8) is 0 Å². The predicted octanol–water partition coefficient (Wildman–Crippen LogP) is 5.72. The van der Waals surface area contributed by atoms with E-state index in [4.69, 9.17) is 0 Å². The first-order valence-electron chi connectivity index (χ1n) is 14.3. The number of H-pyrrole nitrogens is 1. The number of hydrogen-bond acceptors (Lipinski definition) is 8. The molecule has 210 valence electrons. The Kier molecular flexibility index (Phi) is 6.89. The Morgan fingerprint density at radius 1 is 0.952 bits per heavy atom. The average molecular weight is 558 g/mol. The highest BCUT2D eigenvalue weighted by molar-refractivity contribution is 5.97. The van der Waals surface area contributed by atoms with Crippen molar-refractivity contribution in [2.45, 2.75) is 38.1 Å². The number of carbonyl (C=O) groups excluding carboxylic acids is 1. The quantitative estimate of drug-likeness (QED) is 0.208. The first kappa shape index (κ1) is 26.0. The van der Waals surface area contributed by atoms with Gasteiger partial charge in [-0.15, -0.1) is 0 Å². The van der Waals surface area contributed by atoms with Crippen LogP contribution in [0.4, 0.5) is 11.4 Å². The average Bonchev–Trinajstić information content (AvgIpc) is 3.48. The van der Waals surface area contributed by atoms with Gasteiger partial charge in [-0.1, -0.05) is 25.3 Å². The maximum Gasteiger partial charge on any atom is 0.227 e. The third kappa shape index (κ3) is 4.90. The van der Waals surface area contributed by atoms with Crippen LogP contribution in [0.1, 0.15) is 49.4 Å². The molecule has 42 heavy (non-hydrogen) atoms. The molecule has 10 heteroatoms. The monoisotopic (exact) mass is 557 g/mol. The minimum atomic E-state index is -0.0852. The lowest BCUT2D eigenvalue weighted by Gasteiger charge is -2.27. The summed E-state index contributed by atoms with van der Waals surface area (Å²) in [6.07, 6.45) is 18.2. The van der Waals surface area contributed by atoms with Crippen molar-refractivity contribution in [3.8, 4) is 22.5 Å². The van der Waals surface area contributed by atoms with E-state index in [2.05, 4.69) is 52.2 Å². The molecule has 4 N–H and O–H groups in total. The number of rotatable bonds is 6. The van der Waals surface area contributed by atoms with E-state index in [1.165, 1.54) is 6.42 Å². The zero-order valence-electron chi connectivity index (χ0n) is 23.3. The fourth-order valence-corrected chi connectivity index (χ4v) is 5.97. The van der Waals surface area contributed by atoms with Gasteiger partial charge in [0.05, 0.1) is 58.6 Å². The molecule has 1 aliphatic carbocycles. The standard InChI is InChI=1S/C32H31N9O/c1-33-26-13-27(39-29-17-35-16-23(30(26)29)24-9-5-6-10-36-24)31-22-12-25(37-18-28(22)40-41-31)20-11-21(15-34-14-20)38-32(42)19-7-3-2-4-8-19/h5-6,9-19,26,33,39H,2-4,7-8H2,1H3,(H,38,42)(H,40,41). The third-order valence-corrected chi connectivity index (χ3v) is 8.13. The topological polar surface area (TPSA) is 133 Å². The van der Waals surface area contributed by atoms with Crippen LogP contribution >= 0.6 is 0 Å². The number of likely N-dealkylation sites (N-methyl/N-ethyl adjacent to an activating group) is 1. The fourth-order valence-electron chi connectivity index (χ4n) is 5.97. The highest BCUT2D eigenvalue weighted by Crippen LogP contribution is 2.40. The van der Waals surface area contributed by atoms with Gasteiger partial charge in [-0.3, -0.25) is 29.8 Å².